The molecule has 1 unspecified atom stereocenters. The molecule has 2 aliphatic rings. The number of aromatic nitrogens is 1. The van der Waals surface area contributed by atoms with Gasteiger partial charge in [-0.05, 0) is 148 Å². The van der Waals surface area contributed by atoms with Gasteiger partial charge in [-0.25, -0.2) is 0 Å². The second kappa shape index (κ2) is 12.4. The van der Waals surface area contributed by atoms with E-state index in [0.717, 1.165) is 6.42 Å². The Kier molecular flexibility index (Phi) is 6.89. The van der Waals surface area contributed by atoms with Crippen LogP contribution in [-0.4, -0.2) is 4.57 Å². The molecule has 2 aliphatic carbocycles. The normalized spacial score (nSPS) is 15.5. The predicted octanol–water partition coefficient (Wildman–Crippen LogP) is 15.4. The van der Waals surface area contributed by atoms with Crippen LogP contribution in [0.3, 0.4) is 0 Å². The van der Waals surface area contributed by atoms with E-state index < -0.39 is 0 Å². The molecule has 0 aliphatic heterocycles. The Morgan fingerprint density at radius 3 is 1.98 bits per heavy atom. The number of hydrogen-bond acceptors (Lipinski definition) is 0. The first-order valence-electron chi connectivity index (χ1n) is 21.0. The summed E-state index contributed by atoms with van der Waals surface area (Å²) in [6, 6.07) is 73.2. The monoisotopic (exact) mass is 749 g/mol. The van der Waals surface area contributed by atoms with E-state index in [2.05, 4.69) is 206 Å². The number of benzene rings is 10. The van der Waals surface area contributed by atoms with Crippen LogP contribution < -0.4 is 0 Å². The van der Waals surface area contributed by atoms with Crippen molar-refractivity contribution in [3.8, 4) is 39.1 Å². The zero-order valence-corrected chi connectivity index (χ0v) is 32.8. The van der Waals surface area contributed by atoms with E-state index in [1.54, 1.807) is 0 Å². The molecular formula is C58H39N. The van der Waals surface area contributed by atoms with E-state index in [1.165, 1.54) is 121 Å². The van der Waals surface area contributed by atoms with Gasteiger partial charge in [0.2, 0.25) is 0 Å². The Hall–Kier alpha value is -7.22. The van der Waals surface area contributed by atoms with Crippen LogP contribution in [-0.2, 0) is 6.42 Å². The molecular weight excluding hydrogens is 711 g/mol. The molecule has 276 valence electrons. The van der Waals surface area contributed by atoms with Gasteiger partial charge in [0.05, 0.1) is 11.0 Å². The fourth-order valence-corrected chi connectivity index (χ4v) is 11.2. The summed E-state index contributed by atoms with van der Waals surface area (Å²) in [4.78, 5) is 0. The van der Waals surface area contributed by atoms with Crippen molar-refractivity contribution in [2.75, 3.05) is 0 Å². The summed E-state index contributed by atoms with van der Waals surface area (Å²) in [6.45, 7) is 2.43. The maximum Gasteiger partial charge on any atom is 0.0553 e. The molecule has 10 aromatic carbocycles. The van der Waals surface area contributed by atoms with E-state index in [4.69, 9.17) is 0 Å². The summed E-state index contributed by atoms with van der Waals surface area (Å²) in [5.74, 6) is 0.532. The summed E-state index contributed by atoms with van der Waals surface area (Å²) in [7, 11) is 0. The molecule has 0 saturated heterocycles. The lowest BCUT2D eigenvalue weighted by atomic mass is 9.68. The molecule has 0 radical (unpaired) electrons. The second-order valence-corrected chi connectivity index (χ2v) is 16.8. The van der Waals surface area contributed by atoms with Gasteiger partial charge in [-0.1, -0.05) is 159 Å². The molecule has 2 atom stereocenters. The summed E-state index contributed by atoms with van der Waals surface area (Å²) in [5.41, 5.74) is 18.6. The SMILES string of the molecule is C[C@@H]1c2ccccc2-c2cc(-c3ccc4c(c3)c3c5cccc6c5c(cc3n4-c3ccccc3)-c3ccccc3C6)ccc2C1c1cc2ccccc2c2ccccc12. The number of rotatable bonds is 3. The summed E-state index contributed by atoms with van der Waals surface area (Å²) < 4.78 is 2.48. The number of para-hydroxylation sites is 1. The maximum atomic E-state index is 2.48. The van der Waals surface area contributed by atoms with E-state index in [1.807, 2.05) is 0 Å². The van der Waals surface area contributed by atoms with Gasteiger partial charge in [0.25, 0.3) is 0 Å². The zero-order chi connectivity index (χ0) is 38.8. The smallest absolute Gasteiger partial charge is 0.0553 e. The molecule has 0 amide bonds. The average molecular weight is 750 g/mol. The van der Waals surface area contributed by atoms with Gasteiger partial charge in [0, 0.05) is 22.4 Å². The summed E-state index contributed by atoms with van der Waals surface area (Å²) in [5, 5.41) is 10.6. The fourth-order valence-electron chi connectivity index (χ4n) is 11.2. The van der Waals surface area contributed by atoms with Crippen molar-refractivity contribution in [3.63, 3.8) is 0 Å². The van der Waals surface area contributed by atoms with Crippen LogP contribution in [0.2, 0.25) is 0 Å². The van der Waals surface area contributed by atoms with Crippen molar-refractivity contribution >= 4 is 54.1 Å². The van der Waals surface area contributed by atoms with Gasteiger partial charge < -0.3 is 4.57 Å². The van der Waals surface area contributed by atoms with E-state index >= 15 is 0 Å². The van der Waals surface area contributed by atoms with Gasteiger partial charge >= 0.3 is 0 Å². The molecule has 1 aromatic heterocycles. The van der Waals surface area contributed by atoms with Crippen molar-refractivity contribution < 1.29 is 0 Å². The van der Waals surface area contributed by atoms with Crippen molar-refractivity contribution in [1.29, 1.82) is 0 Å². The second-order valence-electron chi connectivity index (χ2n) is 16.8. The van der Waals surface area contributed by atoms with E-state index in [0.29, 0.717) is 5.92 Å². The zero-order valence-electron chi connectivity index (χ0n) is 32.8. The molecule has 1 nitrogen and oxygen atoms in total. The summed E-state index contributed by atoms with van der Waals surface area (Å²) in [6.07, 6.45) is 0.958. The number of hydrogen-bond donors (Lipinski definition) is 0. The Morgan fingerprint density at radius 1 is 0.390 bits per heavy atom. The van der Waals surface area contributed by atoms with Crippen LogP contribution in [0.5, 0.6) is 0 Å². The third kappa shape index (κ3) is 4.67. The van der Waals surface area contributed by atoms with Crippen LogP contribution in [0, 0.1) is 0 Å². The molecule has 1 heterocycles. The first kappa shape index (κ1) is 32.8. The molecule has 11 aromatic rings. The quantitative estimate of drug-likeness (QED) is 0.159. The van der Waals surface area contributed by atoms with Gasteiger partial charge in [-0.3, -0.25) is 0 Å². The van der Waals surface area contributed by atoms with Gasteiger partial charge in [0.15, 0.2) is 0 Å². The highest BCUT2D eigenvalue weighted by Gasteiger charge is 2.34. The van der Waals surface area contributed by atoms with Crippen LogP contribution in [0.4, 0.5) is 0 Å². The van der Waals surface area contributed by atoms with E-state index in [9.17, 15) is 0 Å². The van der Waals surface area contributed by atoms with E-state index in [-0.39, 0.29) is 5.92 Å². The minimum Gasteiger partial charge on any atom is -0.309 e. The molecule has 0 spiro atoms. The minimum absolute atomic E-state index is 0.216. The van der Waals surface area contributed by atoms with Crippen LogP contribution in [0.25, 0.3) is 93.2 Å². The van der Waals surface area contributed by atoms with Gasteiger partial charge in [0.1, 0.15) is 0 Å². The highest BCUT2D eigenvalue weighted by Crippen LogP contribution is 2.53. The lowest BCUT2D eigenvalue weighted by Gasteiger charge is -2.35. The molecule has 0 saturated carbocycles. The standard InChI is InChI=1S/C58H39N/c1-35-42-19-9-10-22-45(42)50-31-36(26-28-48(50)56(35)51-33-39-15-6-7-20-43(39)46-23-11-12-24-47(46)51)37-27-29-54-53(32-37)58-49-25-13-16-40-30-38-14-5-8-21-44(38)52(57(40)49)34-55(58)59(54)41-17-3-2-4-18-41/h2-29,31-35,56H,30H2,1H3/t35-,56?/m1/s1. The highest BCUT2D eigenvalue weighted by molar-refractivity contribution is 6.25. The van der Waals surface area contributed by atoms with Crippen LogP contribution in [0.1, 0.15) is 46.6 Å². The Labute approximate surface area is 343 Å². The topological polar surface area (TPSA) is 4.93 Å². The number of nitrogens with zero attached hydrogens (tertiary/aromatic N) is 1. The Morgan fingerprint density at radius 2 is 1.08 bits per heavy atom. The van der Waals surface area contributed by atoms with Gasteiger partial charge in [-0.15, -0.1) is 0 Å². The van der Waals surface area contributed by atoms with Gasteiger partial charge in [-0.2, -0.15) is 0 Å². The van der Waals surface area contributed by atoms with Crippen molar-refractivity contribution in [1.82, 2.24) is 4.57 Å². The third-order valence-corrected chi connectivity index (χ3v) is 13.8. The Bertz CT molecular complexity index is 3550. The predicted molar refractivity (Wildman–Crippen MR) is 249 cm³/mol. The lowest BCUT2D eigenvalue weighted by molar-refractivity contribution is 0.654. The largest absolute Gasteiger partial charge is 0.309 e. The first-order chi connectivity index (χ1) is 29.2. The minimum atomic E-state index is 0.216. The molecule has 0 bridgehead atoms. The lowest BCUT2D eigenvalue weighted by Crippen LogP contribution is -2.17. The van der Waals surface area contributed by atoms with Crippen LogP contribution >= 0.6 is 0 Å². The fraction of sp³-hybridized carbons (Fsp3) is 0.0690. The number of fused-ring (bicyclic) bond motifs is 12. The molecule has 13 rings (SSSR count). The average Bonchev–Trinajstić information content (AvgIpc) is 3.63. The maximum absolute atomic E-state index is 2.48. The van der Waals surface area contributed by atoms with Crippen molar-refractivity contribution in [2.24, 2.45) is 0 Å². The van der Waals surface area contributed by atoms with Crippen molar-refractivity contribution in [2.45, 2.75) is 25.2 Å². The third-order valence-electron chi connectivity index (χ3n) is 13.8. The molecule has 0 N–H and O–H groups in total. The first-order valence-corrected chi connectivity index (χ1v) is 21.0. The molecule has 0 fully saturated rings. The summed E-state index contributed by atoms with van der Waals surface area (Å²) >= 11 is 0. The highest BCUT2D eigenvalue weighted by atomic mass is 15.0. The van der Waals surface area contributed by atoms with Crippen molar-refractivity contribution in [3.05, 3.63) is 222 Å². The van der Waals surface area contributed by atoms with Crippen LogP contribution in [0.15, 0.2) is 194 Å². The Balaban J connectivity index is 1.05. The molecule has 1 heteroatoms. The molecule has 59 heavy (non-hydrogen) atoms.